The van der Waals surface area contributed by atoms with Crippen LogP contribution in [0.25, 0.3) is 0 Å². The first kappa shape index (κ1) is 106. The summed E-state index contributed by atoms with van der Waals surface area (Å²) in [6, 6.07) is 0. The van der Waals surface area contributed by atoms with E-state index in [0.29, 0.717) is 110 Å². The zero-order chi connectivity index (χ0) is 98.2. The molecular formula is C112H180O22. The fourth-order valence-corrected chi connectivity index (χ4v) is 30.0. The first-order valence-electron chi connectivity index (χ1n) is 54.1. The standard InChI is InChI=1S/C20H32O4.2C18H30O2.2C16H26O3.C14H20O4.C10H16O4/c1-5-19(3,4)18(22)23-12-17(21)24-20(6-2)15-8-13-7-14(10-15)11-16(20)9-13;2*1-5-17(3,4)16(19)20-18(6-2)14-8-12-7-13(10-14)11-15(18)9-12;2*1-4-14(2,3)13(17)19-16-8-11-5-12(9-16)7-15(18,6-11)10-16;1-4-14(2,3)13(16)18-10-7-5-8-9(6-7)12(15)17-11(8)10;1-4-10(2,3)9(12)14-7-5-6-13-8(7)11/h13-16H,5-12H2,1-4H3;2*12-15H,5-11H2,1-4H3;2*11-12,18H,4-10H2,1-3H3;7-11H,4-6H2,1-3H3;7H,4-6H2,1-3H3. The summed E-state index contributed by atoms with van der Waals surface area (Å²) in [7, 11) is 0. The first-order valence-corrected chi connectivity index (χ1v) is 54.1. The summed E-state index contributed by atoms with van der Waals surface area (Å²) >= 11 is 0. The number of esters is 10. The third-order valence-corrected chi connectivity index (χ3v) is 39.8. The predicted octanol–water partition coefficient (Wildman–Crippen LogP) is 22.6. The van der Waals surface area contributed by atoms with Gasteiger partial charge in [-0.15, -0.1) is 0 Å². The van der Waals surface area contributed by atoms with E-state index >= 15 is 0 Å². The molecule has 22 bridgehead atoms. The Morgan fingerprint density at radius 1 is 0.336 bits per heavy atom. The topological polar surface area (TPSA) is 303 Å². The molecule has 2 saturated heterocycles. The smallest absolute Gasteiger partial charge is 0.347 e. The van der Waals surface area contributed by atoms with Crippen LogP contribution >= 0.6 is 0 Å². The maximum absolute atomic E-state index is 12.6. The average Bonchev–Trinajstić information content (AvgIpc) is 1.51. The van der Waals surface area contributed by atoms with E-state index < -0.39 is 50.4 Å². The van der Waals surface area contributed by atoms with Gasteiger partial charge in [0, 0.05) is 31.1 Å². The molecule has 0 aromatic carbocycles. The Bertz CT molecular complexity index is 3940. The van der Waals surface area contributed by atoms with Gasteiger partial charge in [-0.05, 0) is 429 Å². The number of ether oxygens (including phenoxy) is 10. The molecule has 24 rings (SSSR count). The van der Waals surface area contributed by atoms with E-state index in [4.69, 9.17) is 47.4 Å². The summed E-state index contributed by atoms with van der Waals surface area (Å²) < 4.78 is 56.6. The number of cyclic esters (lactones) is 1. The Labute approximate surface area is 805 Å². The molecule has 10 atom stereocenters. The molecule has 22 aliphatic carbocycles. The molecule has 0 aromatic heterocycles. The average molecular weight is 1880 g/mol. The normalized spacial score (nSPS) is 39.9. The Balaban J connectivity index is 0.000000133. The molecule has 22 saturated carbocycles. The van der Waals surface area contributed by atoms with Crippen molar-refractivity contribution in [2.75, 3.05) is 13.2 Å². The minimum absolute atomic E-state index is 0.0364. The summed E-state index contributed by atoms with van der Waals surface area (Å²) in [5, 5.41) is 21.3. The van der Waals surface area contributed by atoms with E-state index in [1.807, 2.05) is 118 Å². The maximum Gasteiger partial charge on any atom is 0.347 e. The van der Waals surface area contributed by atoms with Crippen molar-refractivity contribution >= 4 is 59.7 Å². The van der Waals surface area contributed by atoms with E-state index in [0.717, 1.165) is 151 Å². The fraction of sp³-hybridized carbons (Fsp3) is 0.911. The SMILES string of the molecule is CCC(C)(C)C(=O)OC1(CC)C2CC3CC(C2)CC1C3.CCC(C)(C)C(=O)OC1(CC)C2CC3CC(C2)CC1C3.CCC(C)(C)C(=O)OC12CC3CC(CC(O)(C3)C1)C2.CCC(C)(C)C(=O)OC12CC3CC(CC(O)(C3)C1)C2.CCC(C)(C)C(=O)OC1C2CC3C(=O)OC1C3C2.CCC(C)(C)C(=O)OC1CCOC1=O.CCC(C)(C)C(=O)OCC(=O)OC1(CC)C2CC3CC(C2)CC1C3. The minimum atomic E-state index is -0.687. The van der Waals surface area contributed by atoms with Crippen molar-refractivity contribution in [3.63, 3.8) is 0 Å². The summed E-state index contributed by atoms with van der Waals surface area (Å²) in [6.45, 7) is 47.7. The molecule has 0 aromatic rings. The van der Waals surface area contributed by atoms with Crippen molar-refractivity contribution in [1.29, 1.82) is 0 Å². The number of carbonyl (C=O) groups excluding carboxylic acids is 10. The van der Waals surface area contributed by atoms with E-state index in [-0.39, 0.29) is 117 Å². The van der Waals surface area contributed by atoms with Crippen LogP contribution in [0, 0.1) is 150 Å². The van der Waals surface area contributed by atoms with Gasteiger partial charge < -0.3 is 57.6 Å². The van der Waals surface area contributed by atoms with Crippen LogP contribution in [0.1, 0.15) is 423 Å². The number of hydrogen-bond donors (Lipinski definition) is 2. The van der Waals surface area contributed by atoms with Crippen molar-refractivity contribution in [3.8, 4) is 0 Å². The largest absolute Gasteiger partial charge is 0.463 e. The molecule has 10 unspecified atom stereocenters. The molecule has 22 nitrogen and oxygen atoms in total. The van der Waals surface area contributed by atoms with Gasteiger partial charge in [0.1, 0.15) is 40.2 Å². The van der Waals surface area contributed by atoms with Gasteiger partial charge in [0.25, 0.3) is 0 Å². The van der Waals surface area contributed by atoms with E-state index in [2.05, 4.69) is 34.6 Å². The number of carbonyl (C=O) groups is 10. The lowest BCUT2D eigenvalue weighted by molar-refractivity contribution is -0.226. The van der Waals surface area contributed by atoms with Crippen LogP contribution in [0.2, 0.25) is 0 Å². The van der Waals surface area contributed by atoms with Gasteiger partial charge in [0.05, 0.1) is 61.6 Å². The Hall–Kier alpha value is -5.38. The zero-order valence-corrected chi connectivity index (χ0v) is 87.5. The zero-order valence-electron chi connectivity index (χ0n) is 87.5. The summed E-state index contributed by atoms with van der Waals surface area (Å²) in [4.78, 5) is 121. The molecule has 0 radical (unpaired) electrons. The lowest BCUT2D eigenvalue weighted by atomic mass is 9.49. The van der Waals surface area contributed by atoms with Gasteiger partial charge in [-0.2, -0.15) is 0 Å². The quantitative estimate of drug-likeness (QED) is 0.0600. The highest BCUT2D eigenvalue weighted by Gasteiger charge is 2.67. The van der Waals surface area contributed by atoms with Crippen molar-refractivity contribution < 1.29 is 106 Å². The lowest BCUT2D eigenvalue weighted by Crippen LogP contribution is -2.61. The van der Waals surface area contributed by atoms with E-state index in [1.165, 1.54) is 109 Å². The third-order valence-electron chi connectivity index (χ3n) is 39.8. The summed E-state index contributed by atoms with van der Waals surface area (Å²) in [5.74, 6) is 10.1. The van der Waals surface area contributed by atoms with Crippen LogP contribution in [-0.2, 0) is 95.3 Å². The van der Waals surface area contributed by atoms with Crippen LogP contribution in [0.5, 0.6) is 0 Å². The van der Waals surface area contributed by atoms with Crippen LogP contribution in [0.15, 0.2) is 0 Å². The summed E-state index contributed by atoms with van der Waals surface area (Å²) in [5.41, 5.74) is -5.42. The molecule has 2 aliphatic heterocycles. The first-order chi connectivity index (χ1) is 62.5. The second-order valence-electron chi connectivity index (χ2n) is 52.0. The van der Waals surface area contributed by atoms with Crippen molar-refractivity contribution in [1.82, 2.24) is 0 Å². The maximum atomic E-state index is 12.6. The van der Waals surface area contributed by atoms with Crippen LogP contribution < -0.4 is 0 Å². The molecule has 24 aliphatic rings. The van der Waals surface area contributed by atoms with Crippen LogP contribution in [0.3, 0.4) is 0 Å². The second-order valence-corrected chi connectivity index (χ2v) is 52.0. The van der Waals surface area contributed by atoms with Crippen molar-refractivity contribution in [3.05, 3.63) is 0 Å². The fourth-order valence-electron chi connectivity index (χ4n) is 30.0. The lowest BCUT2D eigenvalue weighted by Gasteiger charge is -2.60. The summed E-state index contributed by atoms with van der Waals surface area (Å²) in [6.07, 6.45) is 40.4. The van der Waals surface area contributed by atoms with E-state index in [9.17, 15) is 58.2 Å². The molecule has 2 heterocycles. The van der Waals surface area contributed by atoms with Crippen molar-refractivity contribution in [2.45, 2.75) is 481 Å². The Morgan fingerprint density at radius 3 is 0.925 bits per heavy atom. The molecular weight excluding hydrogens is 1700 g/mol. The molecule has 2 N–H and O–H groups in total. The second kappa shape index (κ2) is 39.8. The van der Waals surface area contributed by atoms with Gasteiger partial charge in [0.15, 0.2) is 6.61 Å². The minimum Gasteiger partial charge on any atom is -0.463 e. The molecule has 0 amide bonds. The van der Waals surface area contributed by atoms with Gasteiger partial charge in [-0.1, -0.05) is 69.2 Å². The van der Waals surface area contributed by atoms with Crippen LogP contribution in [-0.4, -0.2) is 141 Å². The highest BCUT2D eigenvalue weighted by atomic mass is 16.6. The highest BCUT2D eigenvalue weighted by Crippen LogP contribution is 2.67. The molecule has 24 fully saturated rings. The highest BCUT2D eigenvalue weighted by molar-refractivity contribution is 5.84. The number of hydrogen-bond acceptors (Lipinski definition) is 22. The Morgan fingerprint density at radius 2 is 0.627 bits per heavy atom. The van der Waals surface area contributed by atoms with Crippen molar-refractivity contribution in [2.24, 2.45) is 150 Å². The van der Waals surface area contributed by atoms with Gasteiger partial charge in [-0.25, -0.2) is 9.59 Å². The predicted molar refractivity (Wildman–Crippen MR) is 510 cm³/mol. The molecule has 134 heavy (non-hydrogen) atoms. The van der Waals surface area contributed by atoms with Crippen LogP contribution in [0.4, 0.5) is 0 Å². The molecule has 0 spiro atoms. The monoisotopic (exact) mass is 1880 g/mol. The van der Waals surface area contributed by atoms with Gasteiger partial charge >= 0.3 is 59.7 Å². The number of rotatable bonds is 26. The number of aliphatic hydroxyl groups is 2. The molecule has 760 valence electrons. The van der Waals surface area contributed by atoms with Gasteiger partial charge in [0.2, 0.25) is 6.10 Å². The van der Waals surface area contributed by atoms with Gasteiger partial charge in [-0.3, -0.25) is 38.4 Å². The Kier molecular flexibility index (Phi) is 31.5. The molecule has 22 heteroatoms. The van der Waals surface area contributed by atoms with E-state index in [1.54, 1.807) is 13.8 Å². The number of fused-ring (bicyclic) bond motifs is 1. The third kappa shape index (κ3) is 21.8.